The molecule has 18 heavy (non-hydrogen) atoms. The number of rotatable bonds is 3. The first-order valence-electron chi connectivity index (χ1n) is 5.22. The molecule has 0 radical (unpaired) electrons. The number of nitrogens with one attached hydrogen (secondary N) is 1. The van der Waals surface area contributed by atoms with Gasteiger partial charge in [-0.25, -0.2) is 0 Å². The van der Waals surface area contributed by atoms with Crippen molar-refractivity contribution >= 4 is 23.6 Å². The number of nitrogen functional groups attached to an aromatic ring is 1. The molecule has 1 amide bonds. The first kappa shape index (κ1) is 11.8. The summed E-state index contributed by atoms with van der Waals surface area (Å²) in [6.45, 7) is 0. The van der Waals surface area contributed by atoms with Gasteiger partial charge in [0.25, 0.3) is 11.9 Å². The van der Waals surface area contributed by atoms with Crippen LogP contribution in [0.3, 0.4) is 0 Å². The molecule has 1 aromatic carbocycles. The SMILES string of the molecule is Cn1nnc(NC(=O)/C=C/c2cccc(N)c2)n1. The molecule has 0 aliphatic heterocycles. The average molecular weight is 244 g/mol. The lowest BCUT2D eigenvalue weighted by Gasteiger charge is -1.96. The van der Waals surface area contributed by atoms with Crippen LogP contribution in [0, 0.1) is 0 Å². The summed E-state index contributed by atoms with van der Waals surface area (Å²) in [5.41, 5.74) is 7.12. The number of amides is 1. The molecule has 92 valence electrons. The van der Waals surface area contributed by atoms with E-state index in [4.69, 9.17) is 5.73 Å². The molecule has 2 rings (SSSR count). The Bertz CT molecular complexity index is 589. The number of nitrogens with zero attached hydrogens (tertiary/aromatic N) is 4. The van der Waals surface area contributed by atoms with Crippen LogP contribution in [0.2, 0.25) is 0 Å². The van der Waals surface area contributed by atoms with Gasteiger partial charge in [0.2, 0.25) is 0 Å². The zero-order chi connectivity index (χ0) is 13.0. The first-order chi connectivity index (χ1) is 8.63. The topological polar surface area (TPSA) is 98.7 Å². The van der Waals surface area contributed by atoms with Crippen molar-refractivity contribution < 1.29 is 4.79 Å². The minimum Gasteiger partial charge on any atom is -0.399 e. The highest BCUT2D eigenvalue weighted by Crippen LogP contribution is 2.08. The van der Waals surface area contributed by atoms with Gasteiger partial charge in [-0.3, -0.25) is 10.1 Å². The number of hydrogen-bond donors (Lipinski definition) is 2. The number of tetrazole rings is 1. The standard InChI is InChI=1S/C11H12N6O/c1-17-15-11(14-16-17)13-10(18)6-5-8-3-2-4-9(12)7-8/h2-7H,12H2,1H3,(H,13,15,18)/b6-5+. The highest BCUT2D eigenvalue weighted by Gasteiger charge is 2.02. The van der Waals surface area contributed by atoms with Gasteiger partial charge in [-0.2, -0.15) is 4.80 Å². The van der Waals surface area contributed by atoms with E-state index in [0.717, 1.165) is 5.56 Å². The van der Waals surface area contributed by atoms with Crippen LogP contribution in [-0.2, 0) is 11.8 Å². The van der Waals surface area contributed by atoms with E-state index in [1.165, 1.54) is 10.9 Å². The number of benzene rings is 1. The third kappa shape index (κ3) is 3.14. The third-order valence-corrected chi connectivity index (χ3v) is 2.08. The molecule has 1 aromatic heterocycles. The summed E-state index contributed by atoms with van der Waals surface area (Å²) >= 11 is 0. The summed E-state index contributed by atoms with van der Waals surface area (Å²) in [6, 6.07) is 7.21. The molecule has 1 heterocycles. The number of aromatic nitrogens is 4. The summed E-state index contributed by atoms with van der Waals surface area (Å²) in [5, 5.41) is 13.6. The zero-order valence-corrected chi connectivity index (χ0v) is 9.74. The van der Waals surface area contributed by atoms with E-state index in [2.05, 4.69) is 20.7 Å². The molecule has 0 atom stereocenters. The van der Waals surface area contributed by atoms with Crippen molar-refractivity contribution in [2.24, 2.45) is 7.05 Å². The molecule has 3 N–H and O–H groups in total. The lowest BCUT2D eigenvalue weighted by atomic mass is 10.2. The van der Waals surface area contributed by atoms with E-state index in [1.54, 1.807) is 25.3 Å². The largest absolute Gasteiger partial charge is 0.399 e. The van der Waals surface area contributed by atoms with Crippen LogP contribution < -0.4 is 11.1 Å². The Kier molecular flexibility index (Phi) is 3.33. The molecule has 0 aliphatic carbocycles. The summed E-state index contributed by atoms with van der Waals surface area (Å²) in [4.78, 5) is 12.8. The molecular weight excluding hydrogens is 232 g/mol. The van der Waals surface area contributed by atoms with Crippen LogP contribution in [0.5, 0.6) is 0 Å². The minimum absolute atomic E-state index is 0.166. The molecule has 0 unspecified atom stereocenters. The predicted molar refractivity (Wildman–Crippen MR) is 67.3 cm³/mol. The van der Waals surface area contributed by atoms with Crippen LogP contribution in [-0.4, -0.2) is 26.1 Å². The molecule has 7 nitrogen and oxygen atoms in total. The van der Waals surface area contributed by atoms with Crippen LogP contribution in [0.4, 0.5) is 11.6 Å². The van der Waals surface area contributed by atoms with Crippen LogP contribution in [0.15, 0.2) is 30.3 Å². The molecule has 0 saturated carbocycles. The van der Waals surface area contributed by atoms with Crippen molar-refractivity contribution in [2.75, 3.05) is 11.1 Å². The van der Waals surface area contributed by atoms with Crippen LogP contribution >= 0.6 is 0 Å². The Morgan fingerprint density at radius 3 is 3.00 bits per heavy atom. The zero-order valence-electron chi connectivity index (χ0n) is 9.74. The fraction of sp³-hybridized carbons (Fsp3) is 0.0909. The fourth-order valence-electron chi connectivity index (χ4n) is 1.32. The number of nitrogens with two attached hydrogens (primary N) is 1. The molecule has 0 bridgehead atoms. The number of anilines is 2. The van der Waals surface area contributed by atoms with Crippen LogP contribution in [0.1, 0.15) is 5.56 Å². The van der Waals surface area contributed by atoms with E-state index in [-0.39, 0.29) is 11.9 Å². The van der Waals surface area contributed by atoms with Gasteiger partial charge in [0, 0.05) is 11.8 Å². The van der Waals surface area contributed by atoms with Crippen molar-refractivity contribution in [2.45, 2.75) is 0 Å². The van der Waals surface area contributed by atoms with Gasteiger partial charge >= 0.3 is 0 Å². The highest BCUT2D eigenvalue weighted by molar-refractivity contribution is 6.00. The maximum absolute atomic E-state index is 11.5. The smallest absolute Gasteiger partial charge is 0.270 e. The van der Waals surface area contributed by atoms with E-state index in [0.29, 0.717) is 5.69 Å². The average Bonchev–Trinajstić information content (AvgIpc) is 2.72. The van der Waals surface area contributed by atoms with Crippen molar-refractivity contribution in [3.05, 3.63) is 35.9 Å². The van der Waals surface area contributed by atoms with Gasteiger partial charge in [0.1, 0.15) is 0 Å². The van der Waals surface area contributed by atoms with Crippen molar-refractivity contribution in [1.82, 2.24) is 20.2 Å². The van der Waals surface area contributed by atoms with Gasteiger partial charge in [-0.05, 0) is 29.0 Å². The van der Waals surface area contributed by atoms with Gasteiger partial charge < -0.3 is 5.73 Å². The normalized spacial score (nSPS) is 10.7. The maximum Gasteiger partial charge on any atom is 0.270 e. The number of carbonyl (C=O) groups is 1. The third-order valence-electron chi connectivity index (χ3n) is 2.08. The van der Waals surface area contributed by atoms with E-state index >= 15 is 0 Å². The molecule has 0 saturated heterocycles. The molecule has 2 aromatic rings. The maximum atomic E-state index is 11.5. The second kappa shape index (κ2) is 5.09. The van der Waals surface area contributed by atoms with Gasteiger partial charge in [0.15, 0.2) is 0 Å². The van der Waals surface area contributed by atoms with Crippen molar-refractivity contribution in [3.63, 3.8) is 0 Å². The van der Waals surface area contributed by atoms with Crippen LogP contribution in [0.25, 0.3) is 6.08 Å². The van der Waals surface area contributed by atoms with E-state index in [9.17, 15) is 4.79 Å². The second-order valence-corrected chi connectivity index (χ2v) is 3.60. The lowest BCUT2D eigenvalue weighted by Crippen LogP contribution is -2.09. The summed E-state index contributed by atoms with van der Waals surface area (Å²) in [6.07, 6.45) is 3.03. The fourth-order valence-corrected chi connectivity index (χ4v) is 1.32. The molecular formula is C11H12N6O. The Hall–Kier alpha value is -2.70. The Labute approximate surface area is 103 Å². The Morgan fingerprint density at radius 1 is 1.50 bits per heavy atom. The molecule has 0 aliphatic rings. The predicted octanol–water partition coefficient (Wildman–Crippen LogP) is 0.444. The number of carbonyl (C=O) groups excluding carboxylic acids is 1. The molecule has 7 heteroatoms. The summed E-state index contributed by atoms with van der Waals surface area (Å²) in [7, 11) is 1.62. The minimum atomic E-state index is -0.328. The molecule has 0 spiro atoms. The number of aryl methyl sites for hydroxylation is 1. The Morgan fingerprint density at radius 2 is 2.33 bits per heavy atom. The highest BCUT2D eigenvalue weighted by atomic mass is 16.1. The Balaban J connectivity index is 1.99. The second-order valence-electron chi connectivity index (χ2n) is 3.60. The number of hydrogen-bond acceptors (Lipinski definition) is 5. The quantitative estimate of drug-likeness (QED) is 0.603. The van der Waals surface area contributed by atoms with Gasteiger partial charge in [-0.15, -0.1) is 5.10 Å². The van der Waals surface area contributed by atoms with E-state index < -0.39 is 0 Å². The van der Waals surface area contributed by atoms with Gasteiger partial charge in [0.05, 0.1) is 7.05 Å². The monoisotopic (exact) mass is 244 g/mol. The van der Waals surface area contributed by atoms with Gasteiger partial charge in [-0.1, -0.05) is 17.2 Å². The van der Waals surface area contributed by atoms with Crippen molar-refractivity contribution in [3.8, 4) is 0 Å². The summed E-state index contributed by atoms with van der Waals surface area (Å²) < 4.78 is 0. The molecule has 0 fully saturated rings. The van der Waals surface area contributed by atoms with E-state index in [1.807, 2.05) is 12.1 Å². The van der Waals surface area contributed by atoms with Crippen molar-refractivity contribution in [1.29, 1.82) is 0 Å². The summed E-state index contributed by atoms with van der Waals surface area (Å²) in [5.74, 6) is -0.162. The first-order valence-corrected chi connectivity index (χ1v) is 5.22. The lowest BCUT2D eigenvalue weighted by molar-refractivity contribution is -0.111.